The number of morpholine rings is 1. The Morgan fingerprint density at radius 1 is 1.18 bits per heavy atom. The van der Waals surface area contributed by atoms with Crippen LogP contribution < -0.4 is 0 Å². The van der Waals surface area contributed by atoms with Crippen LogP contribution in [0.25, 0.3) is 10.9 Å². The van der Waals surface area contributed by atoms with Gasteiger partial charge in [-0.2, -0.15) is 0 Å². The molecule has 1 aromatic carbocycles. The highest BCUT2D eigenvalue weighted by molar-refractivity contribution is 6.45. The van der Waals surface area contributed by atoms with Crippen LogP contribution in [0.2, 0.25) is 0 Å². The second-order valence-corrected chi connectivity index (χ2v) is 8.27. The van der Waals surface area contributed by atoms with Crippen molar-refractivity contribution in [3.63, 3.8) is 0 Å². The van der Waals surface area contributed by atoms with E-state index in [-0.39, 0.29) is 24.2 Å². The summed E-state index contributed by atoms with van der Waals surface area (Å²) < 4.78 is 5.82. The van der Waals surface area contributed by atoms with Crippen LogP contribution in [-0.4, -0.2) is 70.9 Å². The highest BCUT2D eigenvalue weighted by Crippen LogP contribution is 2.26. The number of carbonyl (C=O) groups is 2. The van der Waals surface area contributed by atoms with E-state index in [0.29, 0.717) is 12.1 Å². The van der Waals surface area contributed by atoms with Crippen molar-refractivity contribution in [2.45, 2.75) is 51.9 Å². The maximum atomic E-state index is 13.1. The van der Waals surface area contributed by atoms with Gasteiger partial charge in [0.25, 0.3) is 11.7 Å². The molecule has 0 spiro atoms. The Bertz CT molecular complexity index is 880. The van der Waals surface area contributed by atoms with E-state index >= 15 is 0 Å². The van der Waals surface area contributed by atoms with Gasteiger partial charge in [0.15, 0.2) is 0 Å². The zero-order chi connectivity index (χ0) is 19.8. The molecule has 1 amide bonds. The summed E-state index contributed by atoms with van der Waals surface area (Å²) in [5.74, 6) is -0.768. The first-order valence-corrected chi connectivity index (χ1v) is 10.2. The molecule has 6 nitrogen and oxygen atoms in total. The van der Waals surface area contributed by atoms with E-state index in [4.69, 9.17) is 4.74 Å². The fraction of sp³-hybridized carbons (Fsp3) is 0.545. The fourth-order valence-electron chi connectivity index (χ4n) is 4.83. The Kier molecular flexibility index (Phi) is 5.25. The second-order valence-electron chi connectivity index (χ2n) is 8.27. The van der Waals surface area contributed by atoms with Gasteiger partial charge in [0.05, 0.1) is 17.8 Å². The minimum atomic E-state index is -0.398. The monoisotopic (exact) mass is 383 g/mol. The van der Waals surface area contributed by atoms with Crippen LogP contribution in [0.3, 0.4) is 0 Å². The molecule has 2 fully saturated rings. The van der Waals surface area contributed by atoms with Crippen molar-refractivity contribution in [3.05, 3.63) is 35.5 Å². The van der Waals surface area contributed by atoms with Crippen LogP contribution in [0.1, 0.15) is 42.7 Å². The number of hydrogen-bond donors (Lipinski definition) is 1. The number of carbonyl (C=O) groups excluding carboxylic acids is 2. The van der Waals surface area contributed by atoms with Crippen LogP contribution in [-0.2, 0) is 9.53 Å². The van der Waals surface area contributed by atoms with Crippen molar-refractivity contribution in [1.82, 2.24) is 14.8 Å². The van der Waals surface area contributed by atoms with Gasteiger partial charge in [0, 0.05) is 48.8 Å². The number of aromatic nitrogens is 1. The molecule has 3 heterocycles. The van der Waals surface area contributed by atoms with Gasteiger partial charge in [0.2, 0.25) is 0 Å². The average Bonchev–Trinajstić information content (AvgIpc) is 3.22. The van der Waals surface area contributed by atoms with Gasteiger partial charge in [-0.3, -0.25) is 14.5 Å². The van der Waals surface area contributed by atoms with Gasteiger partial charge in [-0.05, 0) is 39.7 Å². The van der Waals surface area contributed by atoms with Crippen molar-refractivity contribution < 1.29 is 14.3 Å². The Balaban J connectivity index is 1.51. The summed E-state index contributed by atoms with van der Waals surface area (Å²) >= 11 is 0. The summed E-state index contributed by atoms with van der Waals surface area (Å²) in [4.78, 5) is 33.7. The topological polar surface area (TPSA) is 65.6 Å². The minimum Gasteiger partial charge on any atom is -0.373 e. The third kappa shape index (κ3) is 3.59. The molecule has 0 aliphatic carbocycles. The maximum Gasteiger partial charge on any atom is 0.295 e. The lowest BCUT2D eigenvalue weighted by molar-refractivity contribution is -0.128. The summed E-state index contributed by atoms with van der Waals surface area (Å²) in [6.45, 7) is 9.25. The van der Waals surface area contributed by atoms with Crippen molar-refractivity contribution >= 4 is 22.6 Å². The van der Waals surface area contributed by atoms with E-state index in [1.165, 1.54) is 0 Å². The molecule has 3 unspecified atom stereocenters. The molecule has 2 aromatic rings. The van der Waals surface area contributed by atoms with Gasteiger partial charge in [-0.25, -0.2) is 0 Å². The first-order valence-electron chi connectivity index (χ1n) is 10.2. The van der Waals surface area contributed by atoms with Gasteiger partial charge < -0.3 is 14.6 Å². The van der Waals surface area contributed by atoms with E-state index in [2.05, 4.69) is 23.7 Å². The number of nitrogens with one attached hydrogen (secondary N) is 1. The van der Waals surface area contributed by atoms with Gasteiger partial charge in [-0.15, -0.1) is 0 Å². The van der Waals surface area contributed by atoms with Crippen LogP contribution >= 0.6 is 0 Å². The smallest absolute Gasteiger partial charge is 0.295 e. The molecule has 2 aliphatic rings. The van der Waals surface area contributed by atoms with E-state index in [0.717, 1.165) is 49.1 Å². The number of para-hydroxylation sites is 1. The number of benzene rings is 1. The molecule has 1 N–H and O–H groups in total. The number of ether oxygens (including phenoxy) is 1. The Morgan fingerprint density at radius 3 is 2.64 bits per heavy atom. The lowest BCUT2D eigenvalue weighted by atomic mass is 10.1. The number of aromatic amines is 1. The van der Waals surface area contributed by atoms with Crippen molar-refractivity contribution in [3.8, 4) is 0 Å². The highest BCUT2D eigenvalue weighted by Gasteiger charge is 2.36. The fourth-order valence-corrected chi connectivity index (χ4v) is 4.83. The van der Waals surface area contributed by atoms with E-state index in [1.807, 2.05) is 31.2 Å². The van der Waals surface area contributed by atoms with E-state index in [1.54, 1.807) is 4.90 Å². The number of amides is 1. The van der Waals surface area contributed by atoms with Crippen LogP contribution in [0, 0.1) is 6.92 Å². The molecule has 6 heteroatoms. The molecular weight excluding hydrogens is 354 g/mol. The minimum absolute atomic E-state index is 0.0967. The highest BCUT2D eigenvalue weighted by atomic mass is 16.5. The summed E-state index contributed by atoms with van der Waals surface area (Å²) in [6.07, 6.45) is 2.30. The zero-order valence-corrected chi connectivity index (χ0v) is 16.9. The van der Waals surface area contributed by atoms with Gasteiger partial charge >= 0.3 is 0 Å². The number of fused-ring (bicyclic) bond motifs is 1. The number of likely N-dealkylation sites (tertiary alicyclic amines) is 1. The van der Waals surface area contributed by atoms with Crippen molar-refractivity contribution in [1.29, 1.82) is 0 Å². The average molecular weight is 383 g/mol. The SMILES string of the molecule is Cc1[nH]c2ccccc2c1C(=O)C(=O)N1CCCC1CN1CC(C)OC(C)C1. The Morgan fingerprint density at radius 2 is 1.89 bits per heavy atom. The predicted octanol–water partition coefficient (Wildman–Crippen LogP) is 2.76. The number of Topliss-reactive ketones (excluding diaryl/α,β-unsaturated/α-hetero) is 1. The molecule has 0 radical (unpaired) electrons. The number of rotatable bonds is 4. The number of aryl methyl sites for hydroxylation is 1. The lowest BCUT2D eigenvalue weighted by Gasteiger charge is -2.38. The summed E-state index contributed by atoms with van der Waals surface area (Å²) in [5, 5.41) is 0.824. The van der Waals surface area contributed by atoms with Gasteiger partial charge in [-0.1, -0.05) is 18.2 Å². The van der Waals surface area contributed by atoms with Crippen molar-refractivity contribution in [2.75, 3.05) is 26.2 Å². The summed E-state index contributed by atoms with van der Waals surface area (Å²) in [7, 11) is 0. The normalized spacial score (nSPS) is 26.1. The molecule has 1 aromatic heterocycles. The first kappa shape index (κ1) is 19.2. The standard InChI is InChI=1S/C22H29N3O3/c1-14-11-24(12-15(2)28-14)13-17-7-6-10-25(17)22(27)21(26)20-16(3)23-19-9-5-4-8-18(19)20/h4-5,8-9,14-15,17,23H,6-7,10-13H2,1-3H3. The van der Waals surface area contributed by atoms with E-state index < -0.39 is 5.78 Å². The Hall–Kier alpha value is -2.18. The summed E-state index contributed by atoms with van der Waals surface area (Å²) in [5.41, 5.74) is 2.16. The number of nitrogens with zero attached hydrogens (tertiary/aromatic N) is 2. The molecule has 3 atom stereocenters. The number of H-pyrrole nitrogens is 1. The molecule has 0 bridgehead atoms. The lowest BCUT2D eigenvalue weighted by Crippen LogP contribution is -2.51. The largest absolute Gasteiger partial charge is 0.373 e. The molecular formula is C22H29N3O3. The molecule has 150 valence electrons. The quantitative estimate of drug-likeness (QED) is 0.651. The maximum absolute atomic E-state index is 13.1. The molecule has 4 rings (SSSR count). The number of ketones is 1. The predicted molar refractivity (Wildman–Crippen MR) is 109 cm³/mol. The zero-order valence-electron chi connectivity index (χ0n) is 16.9. The van der Waals surface area contributed by atoms with Gasteiger partial charge in [0.1, 0.15) is 0 Å². The summed E-state index contributed by atoms with van der Waals surface area (Å²) in [6, 6.07) is 7.76. The second kappa shape index (κ2) is 7.68. The van der Waals surface area contributed by atoms with Crippen LogP contribution in [0.4, 0.5) is 0 Å². The van der Waals surface area contributed by atoms with Crippen molar-refractivity contribution in [2.24, 2.45) is 0 Å². The molecule has 28 heavy (non-hydrogen) atoms. The van der Waals surface area contributed by atoms with Crippen LogP contribution in [0.15, 0.2) is 24.3 Å². The molecule has 2 saturated heterocycles. The third-order valence-electron chi connectivity index (χ3n) is 5.92. The third-order valence-corrected chi connectivity index (χ3v) is 5.92. The first-order chi connectivity index (χ1) is 13.4. The molecule has 0 saturated carbocycles. The van der Waals surface area contributed by atoms with Crippen LogP contribution in [0.5, 0.6) is 0 Å². The molecule has 2 aliphatic heterocycles. The number of hydrogen-bond acceptors (Lipinski definition) is 4. The van der Waals surface area contributed by atoms with E-state index in [9.17, 15) is 9.59 Å². The Labute approximate surface area is 165 Å².